The van der Waals surface area contributed by atoms with Crippen molar-refractivity contribution in [3.05, 3.63) is 58.6 Å². The standard InChI is InChI=1S/C25H31ClN2O4/c1-3-13-27-25(30)21(4-2)28(17-19-5-9-20(26)10-6-19)24(29)12-8-18-7-11-22-23(16-18)32-15-14-31-22/h5-7,9-11,16,21H,3-4,8,12-15,17H2,1-2H3,(H,27,30). The number of hydrogen-bond acceptors (Lipinski definition) is 4. The molecule has 0 saturated carbocycles. The van der Waals surface area contributed by atoms with Gasteiger partial charge in [0.1, 0.15) is 19.3 Å². The molecule has 32 heavy (non-hydrogen) atoms. The molecule has 0 saturated heterocycles. The van der Waals surface area contributed by atoms with E-state index in [1.165, 1.54) is 0 Å². The molecule has 172 valence electrons. The van der Waals surface area contributed by atoms with Crippen molar-refractivity contribution in [1.82, 2.24) is 10.2 Å². The zero-order chi connectivity index (χ0) is 22.9. The summed E-state index contributed by atoms with van der Waals surface area (Å²) in [5.74, 6) is 1.27. The molecule has 1 atom stereocenters. The van der Waals surface area contributed by atoms with Crippen LogP contribution in [0.4, 0.5) is 0 Å². The second kappa shape index (κ2) is 11.8. The Labute approximate surface area is 194 Å². The van der Waals surface area contributed by atoms with Crippen molar-refractivity contribution in [2.24, 2.45) is 0 Å². The van der Waals surface area contributed by atoms with Crippen molar-refractivity contribution in [3.8, 4) is 11.5 Å². The van der Waals surface area contributed by atoms with Gasteiger partial charge in [-0.05, 0) is 54.7 Å². The molecule has 0 spiro atoms. The van der Waals surface area contributed by atoms with Crippen molar-refractivity contribution in [1.29, 1.82) is 0 Å². The molecule has 0 bridgehead atoms. The summed E-state index contributed by atoms with van der Waals surface area (Å²) in [5, 5.41) is 3.57. The summed E-state index contributed by atoms with van der Waals surface area (Å²) in [7, 11) is 0. The number of carbonyl (C=O) groups excluding carboxylic acids is 2. The van der Waals surface area contributed by atoms with E-state index in [1.807, 2.05) is 44.2 Å². The Kier molecular flexibility index (Phi) is 8.80. The third-order valence-electron chi connectivity index (χ3n) is 5.44. The number of fused-ring (bicyclic) bond motifs is 1. The molecule has 6 nitrogen and oxygen atoms in total. The summed E-state index contributed by atoms with van der Waals surface area (Å²) in [4.78, 5) is 27.8. The fourth-order valence-corrected chi connectivity index (χ4v) is 3.84. The van der Waals surface area contributed by atoms with Gasteiger partial charge in [0.2, 0.25) is 11.8 Å². The first-order valence-electron chi connectivity index (χ1n) is 11.2. The van der Waals surface area contributed by atoms with Gasteiger partial charge >= 0.3 is 0 Å². The summed E-state index contributed by atoms with van der Waals surface area (Å²) in [6.07, 6.45) is 2.24. The Bertz CT molecular complexity index is 917. The maximum Gasteiger partial charge on any atom is 0.242 e. The van der Waals surface area contributed by atoms with Crippen LogP contribution in [0.15, 0.2) is 42.5 Å². The summed E-state index contributed by atoms with van der Waals surface area (Å²) >= 11 is 6.01. The van der Waals surface area contributed by atoms with Crippen LogP contribution in [0.25, 0.3) is 0 Å². The number of benzene rings is 2. The van der Waals surface area contributed by atoms with E-state index in [9.17, 15) is 9.59 Å². The fraction of sp³-hybridized carbons (Fsp3) is 0.440. The van der Waals surface area contributed by atoms with Gasteiger partial charge in [0.25, 0.3) is 0 Å². The lowest BCUT2D eigenvalue weighted by molar-refractivity contribution is -0.141. The van der Waals surface area contributed by atoms with E-state index in [1.54, 1.807) is 17.0 Å². The number of halogens is 1. The molecular weight excluding hydrogens is 428 g/mol. The highest BCUT2D eigenvalue weighted by atomic mass is 35.5. The number of amides is 2. The number of ether oxygens (including phenoxy) is 2. The monoisotopic (exact) mass is 458 g/mol. The second-order valence-electron chi connectivity index (χ2n) is 7.84. The predicted octanol–water partition coefficient (Wildman–Crippen LogP) is 4.38. The molecule has 2 amide bonds. The summed E-state index contributed by atoms with van der Waals surface area (Å²) < 4.78 is 11.2. The molecule has 3 rings (SSSR count). The van der Waals surface area contributed by atoms with Gasteiger partial charge in [-0.1, -0.05) is 43.6 Å². The first kappa shape index (κ1) is 23.9. The maximum absolute atomic E-state index is 13.3. The predicted molar refractivity (Wildman–Crippen MR) is 125 cm³/mol. The Hall–Kier alpha value is -2.73. The van der Waals surface area contributed by atoms with Crippen molar-refractivity contribution >= 4 is 23.4 Å². The SMILES string of the molecule is CCCNC(=O)C(CC)N(Cc1ccc(Cl)cc1)C(=O)CCc1ccc2c(c1)OCCO2. The van der Waals surface area contributed by atoms with E-state index in [0.717, 1.165) is 23.3 Å². The van der Waals surface area contributed by atoms with Crippen molar-refractivity contribution < 1.29 is 19.1 Å². The smallest absolute Gasteiger partial charge is 0.242 e. The lowest BCUT2D eigenvalue weighted by Crippen LogP contribution is -2.49. The second-order valence-corrected chi connectivity index (χ2v) is 8.28. The van der Waals surface area contributed by atoms with E-state index < -0.39 is 6.04 Å². The minimum atomic E-state index is -0.523. The molecule has 0 radical (unpaired) electrons. The van der Waals surface area contributed by atoms with Crippen LogP contribution in [-0.4, -0.2) is 42.5 Å². The normalized spacial score (nSPS) is 13.3. The molecule has 1 aliphatic heterocycles. The van der Waals surface area contributed by atoms with Crippen LogP contribution in [0.5, 0.6) is 11.5 Å². The number of nitrogens with one attached hydrogen (secondary N) is 1. The lowest BCUT2D eigenvalue weighted by atomic mass is 10.1. The van der Waals surface area contributed by atoms with Gasteiger partial charge in [0, 0.05) is 24.5 Å². The molecule has 1 N–H and O–H groups in total. The molecule has 1 heterocycles. The van der Waals surface area contributed by atoms with E-state index in [-0.39, 0.29) is 11.8 Å². The number of aryl methyl sites for hydroxylation is 1. The highest BCUT2D eigenvalue weighted by Gasteiger charge is 2.28. The lowest BCUT2D eigenvalue weighted by Gasteiger charge is -2.31. The summed E-state index contributed by atoms with van der Waals surface area (Å²) in [6, 6.07) is 12.6. The highest BCUT2D eigenvalue weighted by molar-refractivity contribution is 6.30. The van der Waals surface area contributed by atoms with Gasteiger partial charge in [-0.3, -0.25) is 9.59 Å². The Morgan fingerprint density at radius 3 is 2.41 bits per heavy atom. The zero-order valence-corrected chi connectivity index (χ0v) is 19.5. The average molecular weight is 459 g/mol. The molecule has 2 aromatic rings. The fourth-order valence-electron chi connectivity index (χ4n) is 3.71. The quantitative estimate of drug-likeness (QED) is 0.573. The van der Waals surface area contributed by atoms with E-state index in [2.05, 4.69) is 5.32 Å². The van der Waals surface area contributed by atoms with Gasteiger partial charge in [0.15, 0.2) is 11.5 Å². The van der Waals surface area contributed by atoms with Crippen LogP contribution in [0.1, 0.15) is 44.2 Å². The largest absolute Gasteiger partial charge is 0.486 e. The molecule has 0 aromatic heterocycles. The molecule has 1 unspecified atom stereocenters. The molecular formula is C25H31ClN2O4. The van der Waals surface area contributed by atoms with Crippen LogP contribution < -0.4 is 14.8 Å². The van der Waals surface area contributed by atoms with Crippen LogP contribution in [-0.2, 0) is 22.6 Å². The number of carbonyl (C=O) groups is 2. The molecule has 0 aliphatic carbocycles. The third kappa shape index (κ3) is 6.39. The average Bonchev–Trinajstić information content (AvgIpc) is 2.82. The summed E-state index contributed by atoms with van der Waals surface area (Å²) in [6.45, 7) is 5.95. The van der Waals surface area contributed by atoms with Crippen LogP contribution in [0.3, 0.4) is 0 Å². The Balaban J connectivity index is 1.73. The number of rotatable bonds is 10. The highest BCUT2D eigenvalue weighted by Crippen LogP contribution is 2.31. The molecule has 1 aliphatic rings. The molecule has 0 fully saturated rings. The minimum Gasteiger partial charge on any atom is -0.486 e. The zero-order valence-electron chi connectivity index (χ0n) is 18.7. The van der Waals surface area contributed by atoms with Gasteiger partial charge in [-0.2, -0.15) is 0 Å². The van der Waals surface area contributed by atoms with Gasteiger partial charge < -0.3 is 19.7 Å². The first-order valence-corrected chi connectivity index (χ1v) is 11.6. The van der Waals surface area contributed by atoms with E-state index >= 15 is 0 Å². The van der Waals surface area contributed by atoms with Crippen LogP contribution >= 0.6 is 11.6 Å². The topological polar surface area (TPSA) is 67.9 Å². The van der Waals surface area contributed by atoms with E-state index in [4.69, 9.17) is 21.1 Å². The van der Waals surface area contributed by atoms with Gasteiger partial charge in [-0.25, -0.2) is 0 Å². The maximum atomic E-state index is 13.3. The minimum absolute atomic E-state index is 0.0617. The Morgan fingerprint density at radius 1 is 1.03 bits per heavy atom. The van der Waals surface area contributed by atoms with Crippen molar-refractivity contribution in [2.75, 3.05) is 19.8 Å². The van der Waals surface area contributed by atoms with Crippen molar-refractivity contribution in [2.45, 2.75) is 52.1 Å². The third-order valence-corrected chi connectivity index (χ3v) is 5.69. The van der Waals surface area contributed by atoms with Gasteiger partial charge in [0.05, 0.1) is 0 Å². The van der Waals surface area contributed by atoms with Crippen molar-refractivity contribution in [3.63, 3.8) is 0 Å². The van der Waals surface area contributed by atoms with Crippen LogP contribution in [0, 0.1) is 0 Å². The number of hydrogen-bond donors (Lipinski definition) is 1. The Morgan fingerprint density at radius 2 is 1.72 bits per heavy atom. The van der Waals surface area contributed by atoms with E-state index in [0.29, 0.717) is 56.3 Å². The summed E-state index contributed by atoms with van der Waals surface area (Å²) in [5.41, 5.74) is 1.93. The molecule has 7 heteroatoms. The first-order chi connectivity index (χ1) is 15.5. The van der Waals surface area contributed by atoms with Crippen LogP contribution in [0.2, 0.25) is 5.02 Å². The van der Waals surface area contributed by atoms with Gasteiger partial charge in [-0.15, -0.1) is 0 Å². The number of nitrogens with zero attached hydrogens (tertiary/aromatic N) is 1. The molecule has 2 aromatic carbocycles.